The summed E-state index contributed by atoms with van der Waals surface area (Å²) in [7, 11) is 0. The maximum Gasteiger partial charge on any atom is 0.239 e. The molecule has 0 heterocycles. The predicted octanol–water partition coefficient (Wildman–Crippen LogP) is 3.10. The van der Waals surface area contributed by atoms with E-state index in [4.69, 9.17) is 0 Å². The zero-order valence-electron chi connectivity index (χ0n) is 15.1. The summed E-state index contributed by atoms with van der Waals surface area (Å²) in [4.78, 5) is 24.0. The molecular formula is C21H26N2O2. The average molecular weight is 338 g/mol. The zero-order chi connectivity index (χ0) is 18.3. The molecular weight excluding hydrogens is 312 g/mol. The van der Waals surface area contributed by atoms with Gasteiger partial charge in [0.15, 0.2) is 0 Å². The van der Waals surface area contributed by atoms with Crippen LogP contribution in [0.2, 0.25) is 0 Å². The number of nitrogens with one attached hydrogen (secondary N) is 2. The first-order valence-electron chi connectivity index (χ1n) is 8.53. The van der Waals surface area contributed by atoms with E-state index in [2.05, 4.69) is 34.9 Å². The molecule has 0 fully saturated rings. The highest BCUT2D eigenvalue weighted by atomic mass is 16.2. The molecule has 25 heavy (non-hydrogen) atoms. The normalized spacial score (nSPS) is 11.2. The molecule has 0 unspecified atom stereocenters. The molecule has 0 aliphatic carbocycles. The minimum Gasteiger partial charge on any atom is -0.354 e. The third-order valence-corrected chi connectivity index (χ3v) is 4.00. The van der Waals surface area contributed by atoms with E-state index >= 15 is 0 Å². The molecule has 0 atom stereocenters. The van der Waals surface area contributed by atoms with E-state index in [0.717, 1.165) is 11.1 Å². The Hall–Kier alpha value is -2.62. The van der Waals surface area contributed by atoms with Crippen LogP contribution >= 0.6 is 0 Å². The van der Waals surface area contributed by atoms with E-state index in [9.17, 15) is 9.59 Å². The summed E-state index contributed by atoms with van der Waals surface area (Å²) < 4.78 is 0. The van der Waals surface area contributed by atoms with Crippen molar-refractivity contribution >= 4 is 11.8 Å². The lowest BCUT2D eigenvalue weighted by Gasteiger charge is -2.20. The lowest BCUT2D eigenvalue weighted by Crippen LogP contribution is -2.42. The van der Waals surface area contributed by atoms with Gasteiger partial charge in [0.2, 0.25) is 11.8 Å². The van der Waals surface area contributed by atoms with Crippen molar-refractivity contribution in [3.8, 4) is 0 Å². The van der Waals surface area contributed by atoms with Gasteiger partial charge in [-0.25, -0.2) is 0 Å². The predicted molar refractivity (Wildman–Crippen MR) is 100 cm³/mol. The van der Waals surface area contributed by atoms with Gasteiger partial charge in [-0.2, -0.15) is 0 Å². The number of carbonyl (C=O) groups is 2. The van der Waals surface area contributed by atoms with Gasteiger partial charge in [0, 0.05) is 17.9 Å². The maximum atomic E-state index is 12.1. The Morgan fingerprint density at radius 2 is 1.32 bits per heavy atom. The van der Waals surface area contributed by atoms with E-state index in [1.807, 2.05) is 57.2 Å². The first kappa shape index (κ1) is 18.7. The van der Waals surface area contributed by atoms with E-state index < -0.39 is 5.41 Å². The van der Waals surface area contributed by atoms with E-state index in [0.29, 0.717) is 6.54 Å². The lowest BCUT2D eigenvalue weighted by atomic mass is 9.91. The minimum atomic E-state index is -0.503. The van der Waals surface area contributed by atoms with Crippen molar-refractivity contribution in [3.63, 3.8) is 0 Å². The summed E-state index contributed by atoms with van der Waals surface area (Å²) in [5.41, 5.74) is 1.79. The Morgan fingerprint density at radius 3 is 1.76 bits per heavy atom. The Bertz CT molecular complexity index is 651. The van der Waals surface area contributed by atoms with Crippen molar-refractivity contribution in [2.24, 2.45) is 5.41 Å². The summed E-state index contributed by atoms with van der Waals surface area (Å²) in [6.45, 7) is 5.94. The zero-order valence-corrected chi connectivity index (χ0v) is 15.1. The molecule has 0 aromatic heterocycles. The van der Waals surface area contributed by atoms with Crippen LogP contribution in [0.4, 0.5) is 0 Å². The molecule has 2 N–H and O–H groups in total. The van der Waals surface area contributed by atoms with Crippen LogP contribution in [0.15, 0.2) is 60.7 Å². The second-order valence-corrected chi connectivity index (χ2v) is 7.11. The Morgan fingerprint density at radius 1 is 0.840 bits per heavy atom. The standard InChI is InChI=1S/C21H26N2O2/c1-21(2,3)20(25)23-15-19(24)22-14-18(16-10-6-4-7-11-16)17-12-8-5-9-13-17/h4-13,18H,14-15H2,1-3H3,(H,22,24)(H,23,25). The lowest BCUT2D eigenvalue weighted by molar-refractivity contribution is -0.131. The number of hydrogen-bond donors (Lipinski definition) is 2. The molecule has 0 bridgehead atoms. The Balaban J connectivity index is 1.99. The molecule has 0 spiro atoms. The fourth-order valence-electron chi connectivity index (χ4n) is 2.50. The van der Waals surface area contributed by atoms with Crippen LogP contribution in [0, 0.1) is 5.41 Å². The van der Waals surface area contributed by atoms with Gasteiger partial charge in [-0.3, -0.25) is 9.59 Å². The van der Waals surface area contributed by atoms with Crippen molar-refractivity contribution in [3.05, 3.63) is 71.8 Å². The molecule has 0 aliphatic heterocycles. The molecule has 4 nitrogen and oxygen atoms in total. The van der Waals surface area contributed by atoms with Crippen LogP contribution in [0.3, 0.4) is 0 Å². The highest BCUT2D eigenvalue weighted by molar-refractivity contribution is 5.87. The molecule has 2 rings (SSSR count). The van der Waals surface area contributed by atoms with Gasteiger partial charge in [-0.1, -0.05) is 81.4 Å². The molecule has 2 amide bonds. The van der Waals surface area contributed by atoms with E-state index in [-0.39, 0.29) is 24.3 Å². The Labute approximate surface area is 149 Å². The van der Waals surface area contributed by atoms with Crippen molar-refractivity contribution in [1.82, 2.24) is 10.6 Å². The van der Waals surface area contributed by atoms with Crippen molar-refractivity contribution in [1.29, 1.82) is 0 Å². The van der Waals surface area contributed by atoms with Crippen LogP contribution in [-0.4, -0.2) is 24.9 Å². The van der Waals surface area contributed by atoms with Crippen molar-refractivity contribution < 1.29 is 9.59 Å². The van der Waals surface area contributed by atoms with Gasteiger partial charge in [0.05, 0.1) is 6.54 Å². The number of amides is 2. The third-order valence-electron chi connectivity index (χ3n) is 4.00. The van der Waals surface area contributed by atoms with Crippen molar-refractivity contribution in [2.75, 3.05) is 13.1 Å². The quantitative estimate of drug-likeness (QED) is 0.850. The first-order chi connectivity index (χ1) is 11.9. The molecule has 0 aliphatic rings. The van der Waals surface area contributed by atoms with Gasteiger partial charge in [-0.15, -0.1) is 0 Å². The van der Waals surface area contributed by atoms with Crippen LogP contribution in [0.1, 0.15) is 37.8 Å². The van der Waals surface area contributed by atoms with Crippen molar-refractivity contribution in [2.45, 2.75) is 26.7 Å². The van der Waals surface area contributed by atoms with Crippen LogP contribution in [-0.2, 0) is 9.59 Å². The molecule has 0 radical (unpaired) electrons. The van der Waals surface area contributed by atoms with Crippen LogP contribution in [0.25, 0.3) is 0 Å². The first-order valence-corrected chi connectivity index (χ1v) is 8.53. The number of benzene rings is 2. The smallest absolute Gasteiger partial charge is 0.239 e. The molecule has 4 heteroatoms. The van der Waals surface area contributed by atoms with Gasteiger partial charge in [0.1, 0.15) is 0 Å². The number of rotatable bonds is 6. The average Bonchev–Trinajstić information content (AvgIpc) is 2.61. The third kappa shape index (κ3) is 5.75. The van der Waals surface area contributed by atoms with E-state index in [1.54, 1.807) is 0 Å². The minimum absolute atomic E-state index is 0.00754. The summed E-state index contributed by atoms with van der Waals surface area (Å²) in [6.07, 6.45) is 0. The maximum absolute atomic E-state index is 12.1. The highest BCUT2D eigenvalue weighted by Gasteiger charge is 2.21. The second-order valence-electron chi connectivity index (χ2n) is 7.11. The highest BCUT2D eigenvalue weighted by Crippen LogP contribution is 2.23. The number of carbonyl (C=O) groups excluding carboxylic acids is 2. The summed E-state index contributed by atoms with van der Waals surface area (Å²) in [6, 6.07) is 20.2. The Kier molecular flexibility index (Phi) is 6.34. The number of hydrogen-bond acceptors (Lipinski definition) is 2. The summed E-state index contributed by atoms with van der Waals surface area (Å²) in [5.74, 6) is -0.246. The van der Waals surface area contributed by atoms with E-state index in [1.165, 1.54) is 0 Å². The topological polar surface area (TPSA) is 58.2 Å². The molecule has 0 saturated carbocycles. The molecule has 2 aromatic carbocycles. The van der Waals surface area contributed by atoms with Crippen LogP contribution in [0.5, 0.6) is 0 Å². The summed E-state index contributed by atoms with van der Waals surface area (Å²) >= 11 is 0. The fourth-order valence-corrected chi connectivity index (χ4v) is 2.50. The van der Waals surface area contributed by atoms with Gasteiger partial charge >= 0.3 is 0 Å². The summed E-state index contributed by atoms with van der Waals surface area (Å²) in [5, 5.41) is 5.61. The monoisotopic (exact) mass is 338 g/mol. The molecule has 132 valence electrons. The van der Waals surface area contributed by atoms with Gasteiger partial charge in [-0.05, 0) is 11.1 Å². The SMILES string of the molecule is CC(C)(C)C(=O)NCC(=O)NCC(c1ccccc1)c1ccccc1. The van der Waals surface area contributed by atoms with Gasteiger partial charge < -0.3 is 10.6 Å². The largest absolute Gasteiger partial charge is 0.354 e. The molecule has 0 saturated heterocycles. The fraction of sp³-hybridized carbons (Fsp3) is 0.333. The molecule has 2 aromatic rings. The van der Waals surface area contributed by atoms with Crippen LogP contribution < -0.4 is 10.6 Å². The second kappa shape index (κ2) is 8.47. The van der Waals surface area contributed by atoms with Gasteiger partial charge in [0.25, 0.3) is 0 Å².